The molecule has 0 unspecified atom stereocenters. The number of aryl methyl sites for hydroxylation is 3. The highest BCUT2D eigenvalue weighted by molar-refractivity contribution is 5.98. The van der Waals surface area contributed by atoms with Gasteiger partial charge in [-0.3, -0.25) is 14.4 Å². The largest absolute Gasteiger partial charge is 0.356 e. The second-order valence-corrected chi connectivity index (χ2v) is 5.93. The molecule has 3 rings (SSSR count). The Balaban J connectivity index is 1.82. The highest BCUT2D eigenvalue weighted by Gasteiger charge is 2.32. The summed E-state index contributed by atoms with van der Waals surface area (Å²) in [5, 5.41) is 7.24. The zero-order chi connectivity index (χ0) is 17.3. The van der Waals surface area contributed by atoms with Gasteiger partial charge >= 0.3 is 0 Å². The van der Waals surface area contributed by atoms with Crippen LogP contribution in [0.3, 0.4) is 0 Å². The molecule has 0 spiro atoms. The second kappa shape index (κ2) is 6.54. The molecule has 1 atom stereocenters. The smallest absolute Gasteiger partial charge is 0.250 e. The zero-order valence-corrected chi connectivity index (χ0v) is 14.1. The zero-order valence-electron chi connectivity index (χ0n) is 14.1. The lowest BCUT2D eigenvalue weighted by Crippen LogP contribution is -2.48. The van der Waals surface area contributed by atoms with Gasteiger partial charge in [-0.1, -0.05) is 6.92 Å². The number of carbonyl (C=O) groups excluding carboxylic acids is 1. The second-order valence-electron chi connectivity index (χ2n) is 5.93. The van der Waals surface area contributed by atoms with Crippen LogP contribution in [-0.4, -0.2) is 38.2 Å². The lowest BCUT2D eigenvalue weighted by Gasteiger charge is -2.32. The molecule has 1 N–H and O–H groups in total. The Morgan fingerprint density at radius 3 is 2.88 bits per heavy atom. The van der Waals surface area contributed by atoms with Crippen molar-refractivity contribution in [2.75, 3.05) is 16.8 Å². The summed E-state index contributed by atoms with van der Waals surface area (Å²) in [6.07, 6.45) is 3.25. The number of rotatable bonds is 4. The Kier molecular flexibility index (Phi) is 4.46. The highest BCUT2D eigenvalue weighted by Crippen LogP contribution is 2.24. The number of hydrogen-bond donors (Lipinski definition) is 1. The predicted octanol–water partition coefficient (Wildman–Crippen LogP) is 1.83. The summed E-state index contributed by atoms with van der Waals surface area (Å²) in [7, 11) is 1.81. The maximum atomic E-state index is 14.3. The molecule has 8 heteroatoms. The van der Waals surface area contributed by atoms with Crippen LogP contribution >= 0.6 is 0 Å². The van der Waals surface area contributed by atoms with Crippen molar-refractivity contribution < 1.29 is 9.18 Å². The first-order chi connectivity index (χ1) is 11.5. The third kappa shape index (κ3) is 2.95. The molecule has 1 aliphatic heterocycles. The Labute approximate surface area is 139 Å². The van der Waals surface area contributed by atoms with Gasteiger partial charge in [0.25, 0.3) is 5.91 Å². The first-order valence-electron chi connectivity index (χ1n) is 8.09. The van der Waals surface area contributed by atoms with E-state index in [4.69, 9.17) is 0 Å². The van der Waals surface area contributed by atoms with Crippen LogP contribution in [0.2, 0.25) is 0 Å². The molecule has 0 saturated carbocycles. The van der Waals surface area contributed by atoms with Gasteiger partial charge in [-0.25, -0.2) is 14.4 Å². The maximum Gasteiger partial charge on any atom is 0.250 e. The number of nitrogens with zero attached hydrogens (tertiary/aromatic N) is 5. The summed E-state index contributed by atoms with van der Waals surface area (Å²) in [6.45, 7) is 4.34. The fraction of sp³-hybridized carbons (Fsp3) is 0.500. The predicted molar refractivity (Wildman–Crippen MR) is 88.3 cm³/mol. The van der Waals surface area contributed by atoms with Crippen LogP contribution in [0.4, 0.5) is 16.0 Å². The number of nitrogens with one attached hydrogen (secondary N) is 1. The van der Waals surface area contributed by atoms with E-state index in [2.05, 4.69) is 20.4 Å². The van der Waals surface area contributed by atoms with E-state index in [0.29, 0.717) is 25.1 Å². The number of aromatic nitrogens is 4. The standard InChI is InChI=1S/C16H21FN6O/c1-4-11-14(17)15(19-9-18-11)20-12-6-5-7-23(16(12)24)13-8-10(2)21-22(13)3/h8-9,12H,4-7H2,1-3H3,(H,18,19,20)/t12-/m0/s1. The Morgan fingerprint density at radius 2 is 2.21 bits per heavy atom. The van der Waals surface area contributed by atoms with Crippen molar-refractivity contribution in [3.63, 3.8) is 0 Å². The van der Waals surface area contributed by atoms with Gasteiger partial charge in [0.2, 0.25) is 0 Å². The summed E-state index contributed by atoms with van der Waals surface area (Å²) >= 11 is 0. The van der Waals surface area contributed by atoms with Gasteiger partial charge in [0.15, 0.2) is 11.6 Å². The minimum atomic E-state index is -0.511. The van der Waals surface area contributed by atoms with Gasteiger partial charge in [0.1, 0.15) is 18.2 Å². The van der Waals surface area contributed by atoms with Crippen molar-refractivity contribution in [3.8, 4) is 0 Å². The first-order valence-corrected chi connectivity index (χ1v) is 8.09. The normalized spacial score (nSPS) is 18.1. The molecule has 0 aliphatic carbocycles. The molecule has 0 bridgehead atoms. The number of piperidine rings is 1. The number of amides is 1. The summed E-state index contributed by atoms with van der Waals surface area (Å²) in [6, 6.07) is 1.36. The fourth-order valence-corrected chi connectivity index (χ4v) is 3.00. The van der Waals surface area contributed by atoms with Crippen LogP contribution in [0.5, 0.6) is 0 Å². The molecule has 3 heterocycles. The van der Waals surface area contributed by atoms with Crippen molar-refractivity contribution >= 4 is 17.5 Å². The number of carbonyl (C=O) groups is 1. The topological polar surface area (TPSA) is 75.9 Å². The average Bonchev–Trinajstić information content (AvgIpc) is 2.89. The van der Waals surface area contributed by atoms with E-state index in [1.807, 2.05) is 27.0 Å². The minimum absolute atomic E-state index is 0.0863. The Hall–Kier alpha value is -2.51. The Bertz CT molecular complexity index is 759. The molecule has 1 saturated heterocycles. The van der Waals surface area contributed by atoms with Crippen molar-refractivity contribution in [1.82, 2.24) is 19.7 Å². The lowest BCUT2D eigenvalue weighted by molar-refractivity contribution is -0.120. The van der Waals surface area contributed by atoms with Gasteiger partial charge in [0.05, 0.1) is 11.4 Å². The van der Waals surface area contributed by atoms with Crippen LogP contribution in [0.1, 0.15) is 31.2 Å². The van der Waals surface area contributed by atoms with E-state index < -0.39 is 11.9 Å². The van der Waals surface area contributed by atoms with Crippen molar-refractivity contribution in [1.29, 1.82) is 0 Å². The van der Waals surface area contributed by atoms with Gasteiger partial charge in [-0.15, -0.1) is 0 Å². The SMILES string of the molecule is CCc1ncnc(N[C@H]2CCCN(c3cc(C)nn3C)C2=O)c1F. The summed E-state index contributed by atoms with van der Waals surface area (Å²) in [5.74, 6) is 0.256. The third-order valence-corrected chi connectivity index (χ3v) is 4.20. The number of anilines is 2. The summed E-state index contributed by atoms with van der Waals surface area (Å²) in [4.78, 5) is 22.4. The van der Waals surface area contributed by atoms with Crippen LogP contribution in [-0.2, 0) is 18.3 Å². The van der Waals surface area contributed by atoms with Crippen LogP contribution in [0, 0.1) is 12.7 Å². The molecule has 24 heavy (non-hydrogen) atoms. The lowest BCUT2D eigenvalue weighted by atomic mass is 10.0. The van der Waals surface area contributed by atoms with E-state index in [9.17, 15) is 9.18 Å². The van der Waals surface area contributed by atoms with E-state index in [0.717, 1.165) is 17.9 Å². The van der Waals surface area contributed by atoms with Gasteiger partial charge in [0, 0.05) is 19.7 Å². The molecule has 7 nitrogen and oxygen atoms in total. The third-order valence-electron chi connectivity index (χ3n) is 4.20. The van der Waals surface area contributed by atoms with Crippen LogP contribution in [0.15, 0.2) is 12.4 Å². The first kappa shape index (κ1) is 16.4. The quantitative estimate of drug-likeness (QED) is 0.924. The van der Waals surface area contributed by atoms with Crippen molar-refractivity contribution in [2.24, 2.45) is 7.05 Å². The molecule has 128 valence electrons. The summed E-state index contributed by atoms with van der Waals surface area (Å²) in [5.41, 5.74) is 1.19. The minimum Gasteiger partial charge on any atom is -0.356 e. The van der Waals surface area contributed by atoms with Crippen LogP contribution in [0.25, 0.3) is 0 Å². The molecular formula is C16H21FN6O. The molecule has 0 radical (unpaired) electrons. The molecule has 1 aliphatic rings. The van der Waals surface area contributed by atoms with E-state index in [1.54, 1.807) is 9.58 Å². The number of halogens is 1. The molecule has 0 aromatic carbocycles. The van der Waals surface area contributed by atoms with E-state index in [-0.39, 0.29) is 11.7 Å². The van der Waals surface area contributed by atoms with Crippen LogP contribution < -0.4 is 10.2 Å². The van der Waals surface area contributed by atoms with E-state index >= 15 is 0 Å². The molecular weight excluding hydrogens is 311 g/mol. The fourth-order valence-electron chi connectivity index (χ4n) is 3.00. The van der Waals surface area contributed by atoms with Gasteiger partial charge in [-0.05, 0) is 26.2 Å². The highest BCUT2D eigenvalue weighted by atomic mass is 19.1. The van der Waals surface area contributed by atoms with Gasteiger partial charge < -0.3 is 5.32 Å². The van der Waals surface area contributed by atoms with Crippen molar-refractivity contribution in [2.45, 2.75) is 39.2 Å². The molecule has 1 amide bonds. The van der Waals surface area contributed by atoms with E-state index in [1.165, 1.54) is 6.33 Å². The Morgan fingerprint density at radius 1 is 1.42 bits per heavy atom. The van der Waals surface area contributed by atoms with Crippen molar-refractivity contribution in [3.05, 3.63) is 29.6 Å². The summed E-state index contributed by atoms with van der Waals surface area (Å²) < 4.78 is 16.0. The van der Waals surface area contributed by atoms with Gasteiger partial charge in [-0.2, -0.15) is 5.10 Å². The molecule has 1 fully saturated rings. The average molecular weight is 332 g/mol. The molecule has 2 aromatic rings. The molecule has 2 aromatic heterocycles. The maximum absolute atomic E-state index is 14.3. The monoisotopic (exact) mass is 332 g/mol. The number of hydrogen-bond acceptors (Lipinski definition) is 5.